The molecule has 100 valence electrons. The number of anilines is 2. The molecular formula is C13H23N5. The molecule has 18 heavy (non-hydrogen) atoms. The van der Waals surface area contributed by atoms with Gasteiger partial charge in [-0.25, -0.2) is 9.97 Å². The van der Waals surface area contributed by atoms with Crippen molar-refractivity contribution in [2.75, 3.05) is 43.5 Å². The van der Waals surface area contributed by atoms with Crippen molar-refractivity contribution in [2.45, 2.75) is 19.8 Å². The smallest absolute Gasteiger partial charge is 0.134 e. The van der Waals surface area contributed by atoms with Crippen LogP contribution in [0.1, 0.15) is 18.7 Å². The monoisotopic (exact) mass is 249 g/mol. The highest BCUT2D eigenvalue weighted by molar-refractivity contribution is 5.50. The highest BCUT2D eigenvalue weighted by atomic mass is 15.2. The first kappa shape index (κ1) is 13.1. The fourth-order valence-corrected chi connectivity index (χ4v) is 2.39. The van der Waals surface area contributed by atoms with E-state index in [4.69, 9.17) is 5.73 Å². The second-order valence-electron chi connectivity index (χ2n) is 5.22. The molecule has 0 radical (unpaired) electrons. The summed E-state index contributed by atoms with van der Waals surface area (Å²) in [5, 5.41) is 0. The van der Waals surface area contributed by atoms with Crippen LogP contribution < -0.4 is 15.5 Å². The highest BCUT2D eigenvalue weighted by Gasteiger charge is 2.20. The van der Waals surface area contributed by atoms with Crippen LogP contribution in [0.3, 0.4) is 0 Å². The maximum Gasteiger partial charge on any atom is 0.134 e. The number of nitrogens with zero attached hydrogens (tertiary/aromatic N) is 4. The van der Waals surface area contributed by atoms with Crippen molar-refractivity contribution in [2.24, 2.45) is 11.7 Å². The van der Waals surface area contributed by atoms with E-state index in [-0.39, 0.29) is 0 Å². The van der Waals surface area contributed by atoms with Gasteiger partial charge in [-0.2, -0.15) is 0 Å². The van der Waals surface area contributed by atoms with E-state index in [2.05, 4.69) is 20.9 Å². The quantitative estimate of drug-likeness (QED) is 0.867. The second-order valence-corrected chi connectivity index (χ2v) is 5.22. The molecule has 1 aromatic rings. The molecule has 1 aromatic heterocycles. The van der Waals surface area contributed by atoms with Gasteiger partial charge in [0, 0.05) is 33.3 Å². The van der Waals surface area contributed by atoms with E-state index in [1.165, 1.54) is 12.8 Å². The zero-order chi connectivity index (χ0) is 13.1. The minimum absolute atomic E-state index is 0.594. The Morgan fingerprint density at radius 1 is 1.44 bits per heavy atom. The summed E-state index contributed by atoms with van der Waals surface area (Å²) in [5.41, 5.74) is 5.78. The summed E-state index contributed by atoms with van der Waals surface area (Å²) in [4.78, 5) is 13.3. The van der Waals surface area contributed by atoms with Gasteiger partial charge in [0.05, 0.1) is 0 Å². The highest BCUT2D eigenvalue weighted by Crippen LogP contribution is 2.23. The Morgan fingerprint density at radius 2 is 2.22 bits per heavy atom. The van der Waals surface area contributed by atoms with Crippen molar-refractivity contribution < 1.29 is 0 Å². The van der Waals surface area contributed by atoms with Crippen molar-refractivity contribution in [3.05, 3.63) is 11.9 Å². The Kier molecular flexibility index (Phi) is 4.01. The van der Waals surface area contributed by atoms with Crippen LogP contribution in [0.25, 0.3) is 0 Å². The summed E-state index contributed by atoms with van der Waals surface area (Å²) < 4.78 is 0. The molecule has 0 aliphatic carbocycles. The summed E-state index contributed by atoms with van der Waals surface area (Å²) in [7, 11) is 4.01. The SMILES string of the molecule is Cc1nc(N(C)C)cc(N2CCCC(CN)C2)n1. The average Bonchev–Trinajstić information content (AvgIpc) is 2.38. The normalized spacial score (nSPS) is 20.0. The van der Waals surface area contributed by atoms with Gasteiger partial charge in [0.1, 0.15) is 17.5 Å². The van der Waals surface area contributed by atoms with E-state index in [9.17, 15) is 0 Å². The Balaban J connectivity index is 2.21. The Morgan fingerprint density at radius 3 is 2.89 bits per heavy atom. The van der Waals surface area contributed by atoms with E-state index in [1.807, 2.05) is 25.9 Å². The maximum atomic E-state index is 5.78. The molecule has 2 rings (SSSR count). The second kappa shape index (κ2) is 5.52. The van der Waals surface area contributed by atoms with Gasteiger partial charge in [0.15, 0.2) is 0 Å². The summed E-state index contributed by atoms with van der Waals surface area (Å²) in [6, 6.07) is 2.06. The van der Waals surface area contributed by atoms with E-state index in [0.29, 0.717) is 5.92 Å². The van der Waals surface area contributed by atoms with Gasteiger partial charge >= 0.3 is 0 Å². The number of hydrogen-bond acceptors (Lipinski definition) is 5. The number of aryl methyl sites for hydroxylation is 1. The molecule has 0 bridgehead atoms. The lowest BCUT2D eigenvalue weighted by molar-refractivity contribution is 0.421. The number of piperidine rings is 1. The molecule has 5 nitrogen and oxygen atoms in total. The topological polar surface area (TPSA) is 58.3 Å². The van der Waals surface area contributed by atoms with Crippen LogP contribution in [0, 0.1) is 12.8 Å². The third-order valence-corrected chi connectivity index (χ3v) is 3.45. The number of nitrogens with two attached hydrogens (primary N) is 1. The summed E-state index contributed by atoms with van der Waals surface area (Å²) in [6.07, 6.45) is 2.43. The Labute approximate surface area is 109 Å². The average molecular weight is 249 g/mol. The first-order valence-electron chi connectivity index (χ1n) is 6.58. The van der Waals surface area contributed by atoms with Gasteiger partial charge in [-0.15, -0.1) is 0 Å². The Hall–Kier alpha value is -1.36. The van der Waals surface area contributed by atoms with E-state index in [1.54, 1.807) is 0 Å². The lowest BCUT2D eigenvalue weighted by Gasteiger charge is -2.33. The van der Waals surface area contributed by atoms with Gasteiger partial charge in [0.2, 0.25) is 0 Å². The van der Waals surface area contributed by atoms with Crippen molar-refractivity contribution in [3.63, 3.8) is 0 Å². The van der Waals surface area contributed by atoms with Gasteiger partial charge in [-0.1, -0.05) is 0 Å². The summed E-state index contributed by atoms with van der Waals surface area (Å²) in [6.45, 7) is 4.79. The van der Waals surface area contributed by atoms with E-state index >= 15 is 0 Å². The molecule has 0 spiro atoms. The molecule has 1 unspecified atom stereocenters. The van der Waals surface area contributed by atoms with Gasteiger partial charge in [-0.3, -0.25) is 0 Å². The molecule has 5 heteroatoms. The molecular weight excluding hydrogens is 226 g/mol. The zero-order valence-electron chi connectivity index (χ0n) is 11.6. The lowest BCUT2D eigenvalue weighted by Crippen LogP contribution is -2.39. The summed E-state index contributed by atoms with van der Waals surface area (Å²) in [5.74, 6) is 3.42. The van der Waals surface area contributed by atoms with Crippen LogP contribution in [0.15, 0.2) is 6.07 Å². The fraction of sp³-hybridized carbons (Fsp3) is 0.692. The molecule has 2 N–H and O–H groups in total. The molecule has 0 aromatic carbocycles. The third-order valence-electron chi connectivity index (χ3n) is 3.45. The molecule has 0 saturated carbocycles. The zero-order valence-corrected chi connectivity index (χ0v) is 11.6. The number of hydrogen-bond donors (Lipinski definition) is 1. The molecule has 0 amide bonds. The largest absolute Gasteiger partial charge is 0.363 e. The Bertz CT molecular complexity index is 404. The van der Waals surface area contributed by atoms with Crippen LogP contribution >= 0.6 is 0 Å². The fourth-order valence-electron chi connectivity index (χ4n) is 2.39. The molecule has 1 fully saturated rings. The predicted molar refractivity (Wildman–Crippen MR) is 75.1 cm³/mol. The lowest BCUT2D eigenvalue weighted by atomic mass is 9.98. The van der Waals surface area contributed by atoms with Gasteiger partial charge in [-0.05, 0) is 32.2 Å². The number of rotatable bonds is 3. The van der Waals surface area contributed by atoms with Crippen LogP contribution in [0.4, 0.5) is 11.6 Å². The van der Waals surface area contributed by atoms with Gasteiger partial charge < -0.3 is 15.5 Å². The van der Waals surface area contributed by atoms with Crippen molar-refractivity contribution in [1.82, 2.24) is 9.97 Å². The van der Waals surface area contributed by atoms with Crippen LogP contribution in [0.5, 0.6) is 0 Å². The first-order valence-corrected chi connectivity index (χ1v) is 6.58. The van der Waals surface area contributed by atoms with Crippen molar-refractivity contribution in [1.29, 1.82) is 0 Å². The standard InChI is InChI=1S/C13H23N5/c1-10-15-12(17(2)3)7-13(16-10)18-6-4-5-11(8-14)9-18/h7,11H,4-6,8-9,14H2,1-3H3. The van der Waals surface area contributed by atoms with Gasteiger partial charge in [0.25, 0.3) is 0 Å². The third kappa shape index (κ3) is 2.90. The predicted octanol–water partition coefficient (Wildman–Crippen LogP) is 1.03. The van der Waals surface area contributed by atoms with Crippen LogP contribution in [-0.4, -0.2) is 43.7 Å². The molecule has 1 aliphatic heterocycles. The maximum absolute atomic E-state index is 5.78. The molecule has 1 atom stereocenters. The number of aromatic nitrogens is 2. The summed E-state index contributed by atoms with van der Waals surface area (Å²) >= 11 is 0. The van der Waals surface area contributed by atoms with Crippen molar-refractivity contribution >= 4 is 11.6 Å². The van der Waals surface area contributed by atoms with Crippen LogP contribution in [0.2, 0.25) is 0 Å². The van der Waals surface area contributed by atoms with E-state index < -0.39 is 0 Å². The molecule has 2 heterocycles. The van der Waals surface area contributed by atoms with Crippen molar-refractivity contribution in [3.8, 4) is 0 Å². The molecule has 1 aliphatic rings. The van der Waals surface area contributed by atoms with E-state index in [0.717, 1.165) is 37.1 Å². The van der Waals surface area contributed by atoms with Crippen LogP contribution in [-0.2, 0) is 0 Å². The first-order chi connectivity index (χ1) is 8.60. The molecule has 1 saturated heterocycles. The minimum Gasteiger partial charge on any atom is -0.363 e. The minimum atomic E-state index is 0.594.